The number of rotatable bonds is 6. The Kier molecular flexibility index (Phi) is 7.04. The van der Waals surface area contributed by atoms with Crippen LogP contribution >= 0.6 is 0 Å². The van der Waals surface area contributed by atoms with E-state index < -0.39 is 9.84 Å². The zero-order valence-electron chi connectivity index (χ0n) is 17.4. The number of nitrogens with zero attached hydrogens (tertiary/aromatic N) is 1. The lowest BCUT2D eigenvalue weighted by molar-refractivity contribution is 0.251. The number of sulfone groups is 1. The Balaban J connectivity index is 2.19. The molecule has 0 spiro atoms. The molecule has 0 aliphatic carbocycles. The average Bonchev–Trinajstić information content (AvgIpc) is 2.65. The van der Waals surface area contributed by atoms with E-state index in [2.05, 4.69) is 16.7 Å². The van der Waals surface area contributed by atoms with Crippen molar-refractivity contribution in [2.45, 2.75) is 51.0 Å². The molecule has 0 unspecified atom stereocenters. The monoisotopic (exact) mass is 413 g/mol. The molecule has 0 aliphatic heterocycles. The van der Waals surface area contributed by atoms with Crippen LogP contribution in [0.15, 0.2) is 41.3 Å². The first-order chi connectivity index (χ1) is 13.5. The van der Waals surface area contributed by atoms with Gasteiger partial charge in [0.25, 0.3) is 0 Å². The minimum absolute atomic E-state index is 0.139. The van der Waals surface area contributed by atoms with E-state index in [0.29, 0.717) is 5.56 Å². The first-order valence-corrected chi connectivity index (χ1v) is 11.3. The molecule has 2 amide bonds. The predicted molar refractivity (Wildman–Crippen MR) is 115 cm³/mol. The number of amides is 2. The van der Waals surface area contributed by atoms with Gasteiger partial charge in [0.2, 0.25) is 0 Å². The van der Waals surface area contributed by atoms with Crippen molar-refractivity contribution in [1.29, 1.82) is 5.26 Å². The van der Waals surface area contributed by atoms with Gasteiger partial charge in [-0.25, -0.2) is 13.2 Å². The molecular weight excluding hydrogens is 386 g/mol. The summed E-state index contributed by atoms with van der Waals surface area (Å²) in [5, 5.41) is 15.1. The molecule has 0 saturated heterocycles. The molecule has 0 fully saturated rings. The molecule has 154 valence electrons. The molecule has 2 rings (SSSR count). The maximum absolute atomic E-state index is 12.5. The molecule has 0 aromatic heterocycles. The summed E-state index contributed by atoms with van der Waals surface area (Å²) in [4.78, 5) is 12.8. The van der Waals surface area contributed by atoms with Gasteiger partial charge in [-0.05, 0) is 52.8 Å². The first-order valence-electron chi connectivity index (χ1n) is 9.44. The van der Waals surface area contributed by atoms with E-state index in [4.69, 9.17) is 0 Å². The van der Waals surface area contributed by atoms with Gasteiger partial charge >= 0.3 is 6.03 Å². The second-order valence-electron chi connectivity index (χ2n) is 7.67. The highest BCUT2D eigenvalue weighted by atomic mass is 32.2. The van der Waals surface area contributed by atoms with Crippen molar-refractivity contribution in [1.82, 2.24) is 5.32 Å². The summed E-state index contributed by atoms with van der Waals surface area (Å²) in [6.07, 6.45) is 1.16. The smallest absolute Gasteiger partial charge is 0.319 e. The van der Waals surface area contributed by atoms with Crippen molar-refractivity contribution in [3.63, 3.8) is 0 Å². The standard InChI is InChI=1S/C22H27N3O3S/c1-14(2)19-10-17(12-23)11-20(15(3)4)21(19)25-22(26)24-13-16-6-8-18(9-7-16)29(5,27)28/h6-11,14-15H,13H2,1-5H3,(H2,24,25,26). The summed E-state index contributed by atoms with van der Waals surface area (Å²) in [6, 6.07) is 11.9. The normalized spacial score (nSPS) is 11.4. The molecule has 2 aromatic rings. The predicted octanol–water partition coefficient (Wildman–Crippen LogP) is 4.53. The van der Waals surface area contributed by atoms with Crippen molar-refractivity contribution in [2.75, 3.05) is 11.6 Å². The maximum Gasteiger partial charge on any atom is 0.319 e. The molecule has 0 bridgehead atoms. The molecule has 6 nitrogen and oxygen atoms in total. The van der Waals surface area contributed by atoms with E-state index >= 15 is 0 Å². The van der Waals surface area contributed by atoms with E-state index in [9.17, 15) is 18.5 Å². The van der Waals surface area contributed by atoms with Crippen LogP contribution in [0.4, 0.5) is 10.5 Å². The van der Waals surface area contributed by atoms with Gasteiger partial charge in [-0.2, -0.15) is 5.26 Å². The molecular formula is C22H27N3O3S. The van der Waals surface area contributed by atoms with E-state index in [1.165, 1.54) is 12.1 Å². The third kappa shape index (κ3) is 5.81. The van der Waals surface area contributed by atoms with Crippen LogP contribution in [0.25, 0.3) is 0 Å². The van der Waals surface area contributed by atoms with Gasteiger partial charge in [0.15, 0.2) is 9.84 Å². The Morgan fingerprint density at radius 2 is 1.55 bits per heavy atom. The van der Waals surface area contributed by atoms with Crippen LogP contribution in [0, 0.1) is 11.3 Å². The fourth-order valence-corrected chi connectivity index (χ4v) is 3.63. The molecule has 2 aromatic carbocycles. The second-order valence-corrected chi connectivity index (χ2v) is 9.69. The molecule has 0 heterocycles. The topological polar surface area (TPSA) is 99.1 Å². The third-order valence-corrected chi connectivity index (χ3v) is 5.74. The molecule has 7 heteroatoms. The van der Waals surface area contributed by atoms with Crippen molar-refractivity contribution >= 4 is 21.6 Å². The quantitative estimate of drug-likeness (QED) is 0.727. The van der Waals surface area contributed by atoms with Crippen LogP contribution in [0.2, 0.25) is 0 Å². The number of urea groups is 1. The Bertz CT molecular complexity index is 1000. The van der Waals surface area contributed by atoms with Crippen LogP contribution in [0.1, 0.15) is 61.8 Å². The van der Waals surface area contributed by atoms with Crippen LogP contribution < -0.4 is 10.6 Å². The number of anilines is 1. The van der Waals surface area contributed by atoms with Gasteiger partial charge in [0, 0.05) is 18.5 Å². The molecule has 0 atom stereocenters. The number of carbonyl (C=O) groups excluding carboxylic acids is 1. The van der Waals surface area contributed by atoms with E-state index in [1.807, 2.05) is 39.8 Å². The Hall–Kier alpha value is -2.85. The fourth-order valence-electron chi connectivity index (χ4n) is 3.00. The van der Waals surface area contributed by atoms with Gasteiger partial charge in [0.1, 0.15) is 0 Å². The van der Waals surface area contributed by atoms with E-state index in [0.717, 1.165) is 28.6 Å². The van der Waals surface area contributed by atoms with Gasteiger partial charge in [0.05, 0.1) is 16.5 Å². The summed E-state index contributed by atoms with van der Waals surface area (Å²) in [6.45, 7) is 8.35. The number of hydrogen-bond donors (Lipinski definition) is 2. The molecule has 0 saturated carbocycles. The summed E-state index contributed by atoms with van der Waals surface area (Å²) in [5.41, 5.74) is 3.94. The molecule has 0 radical (unpaired) electrons. The van der Waals surface area contributed by atoms with Crippen LogP contribution in [-0.4, -0.2) is 20.7 Å². The molecule has 0 aliphatic rings. The third-order valence-electron chi connectivity index (χ3n) is 4.62. The number of benzene rings is 2. The van der Waals surface area contributed by atoms with Crippen molar-refractivity contribution in [3.05, 3.63) is 58.7 Å². The zero-order chi connectivity index (χ0) is 21.8. The Morgan fingerprint density at radius 1 is 1.03 bits per heavy atom. The number of carbonyl (C=O) groups is 1. The van der Waals surface area contributed by atoms with Crippen LogP contribution in [0.5, 0.6) is 0 Å². The lowest BCUT2D eigenvalue weighted by Gasteiger charge is -2.21. The lowest BCUT2D eigenvalue weighted by Crippen LogP contribution is -2.29. The van der Waals surface area contributed by atoms with Gasteiger partial charge < -0.3 is 10.6 Å². The largest absolute Gasteiger partial charge is 0.334 e. The lowest BCUT2D eigenvalue weighted by atomic mass is 9.90. The van der Waals surface area contributed by atoms with Crippen LogP contribution in [-0.2, 0) is 16.4 Å². The zero-order valence-corrected chi connectivity index (χ0v) is 18.2. The van der Waals surface area contributed by atoms with Crippen molar-refractivity contribution in [3.8, 4) is 6.07 Å². The number of hydrogen-bond acceptors (Lipinski definition) is 4. The second kappa shape index (κ2) is 9.10. The first kappa shape index (κ1) is 22.4. The number of nitrogens with one attached hydrogen (secondary N) is 2. The highest BCUT2D eigenvalue weighted by Gasteiger charge is 2.18. The maximum atomic E-state index is 12.5. The highest BCUT2D eigenvalue weighted by molar-refractivity contribution is 7.90. The fraction of sp³-hybridized carbons (Fsp3) is 0.364. The summed E-state index contributed by atoms with van der Waals surface area (Å²) in [7, 11) is -3.25. The SMILES string of the molecule is CC(C)c1cc(C#N)cc(C(C)C)c1NC(=O)NCc1ccc(S(C)(=O)=O)cc1. The van der Waals surface area contributed by atoms with Crippen LogP contribution in [0.3, 0.4) is 0 Å². The van der Waals surface area contributed by atoms with Gasteiger partial charge in [-0.3, -0.25) is 0 Å². The van der Waals surface area contributed by atoms with E-state index in [-0.39, 0.29) is 29.3 Å². The minimum atomic E-state index is -3.25. The molecule has 29 heavy (non-hydrogen) atoms. The number of nitriles is 1. The van der Waals surface area contributed by atoms with Gasteiger partial charge in [-0.15, -0.1) is 0 Å². The average molecular weight is 414 g/mol. The van der Waals surface area contributed by atoms with E-state index in [1.54, 1.807) is 12.1 Å². The Labute approximate surface area is 172 Å². The van der Waals surface area contributed by atoms with Gasteiger partial charge in [-0.1, -0.05) is 39.8 Å². The minimum Gasteiger partial charge on any atom is -0.334 e. The Morgan fingerprint density at radius 3 is 1.97 bits per heavy atom. The summed E-state index contributed by atoms with van der Waals surface area (Å²) < 4.78 is 23.1. The molecule has 2 N–H and O–H groups in total. The summed E-state index contributed by atoms with van der Waals surface area (Å²) >= 11 is 0. The van der Waals surface area contributed by atoms with Crippen molar-refractivity contribution < 1.29 is 13.2 Å². The summed E-state index contributed by atoms with van der Waals surface area (Å²) in [5.74, 6) is 0.277. The van der Waals surface area contributed by atoms with Crippen molar-refractivity contribution in [2.24, 2.45) is 0 Å². The highest BCUT2D eigenvalue weighted by Crippen LogP contribution is 2.33.